The van der Waals surface area contributed by atoms with Crippen molar-refractivity contribution in [1.82, 2.24) is 9.62 Å². The second kappa shape index (κ2) is 9.86. The molecule has 0 aromatic heterocycles. The summed E-state index contributed by atoms with van der Waals surface area (Å²) in [5, 5.41) is 2.68. The highest BCUT2D eigenvalue weighted by atomic mass is 32.2. The summed E-state index contributed by atoms with van der Waals surface area (Å²) in [4.78, 5) is 25.6. The number of sulfonamides is 1. The van der Waals surface area contributed by atoms with Crippen LogP contribution >= 0.6 is 0 Å². The summed E-state index contributed by atoms with van der Waals surface area (Å²) in [5.74, 6) is -1.17. The van der Waals surface area contributed by atoms with Gasteiger partial charge >= 0.3 is 5.97 Å². The number of nitrogens with one attached hydrogen (secondary N) is 1. The van der Waals surface area contributed by atoms with Gasteiger partial charge in [0.2, 0.25) is 15.9 Å². The topological polar surface area (TPSA) is 92.8 Å². The normalized spacial score (nSPS) is 13.0. The van der Waals surface area contributed by atoms with E-state index in [1.54, 1.807) is 25.1 Å². The third-order valence-corrected chi connectivity index (χ3v) is 6.95. The summed E-state index contributed by atoms with van der Waals surface area (Å²) >= 11 is 0. The molecule has 0 aliphatic carbocycles. The zero-order valence-electron chi connectivity index (χ0n) is 17.7. The summed E-state index contributed by atoms with van der Waals surface area (Å²) in [6, 6.07) is 16.2. The predicted molar refractivity (Wildman–Crippen MR) is 114 cm³/mol. The number of ether oxygens (including phenoxy) is 1. The molecular formula is C22H28N2O5S. The number of esters is 1. The van der Waals surface area contributed by atoms with Crippen molar-refractivity contribution in [3.8, 4) is 0 Å². The molecule has 2 aromatic carbocycles. The first-order chi connectivity index (χ1) is 14.1. The molecule has 1 unspecified atom stereocenters. The molecule has 162 valence electrons. The molecule has 0 aliphatic rings. The molecule has 0 radical (unpaired) electrons. The Balaban J connectivity index is 2.24. The first-order valence-electron chi connectivity index (χ1n) is 9.66. The van der Waals surface area contributed by atoms with E-state index in [1.807, 2.05) is 30.3 Å². The summed E-state index contributed by atoms with van der Waals surface area (Å²) in [6.45, 7) is 4.84. The van der Waals surface area contributed by atoms with Gasteiger partial charge in [-0.25, -0.2) is 13.2 Å². The van der Waals surface area contributed by atoms with E-state index in [0.29, 0.717) is 0 Å². The number of likely N-dealkylation sites (N-methyl/N-ethyl adjacent to an activating group) is 1. The van der Waals surface area contributed by atoms with Crippen LogP contribution in [0.5, 0.6) is 0 Å². The molecule has 0 aliphatic heterocycles. The van der Waals surface area contributed by atoms with E-state index < -0.39 is 33.5 Å². The van der Waals surface area contributed by atoms with Gasteiger partial charge in [0.05, 0.1) is 11.5 Å². The Morgan fingerprint density at radius 3 is 2.10 bits per heavy atom. The summed E-state index contributed by atoms with van der Waals surface area (Å²) in [5.41, 5.74) is -0.602. The Labute approximate surface area is 178 Å². The van der Waals surface area contributed by atoms with Crippen molar-refractivity contribution in [3.05, 3.63) is 66.2 Å². The van der Waals surface area contributed by atoms with Crippen molar-refractivity contribution in [2.24, 2.45) is 0 Å². The van der Waals surface area contributed by atoms with E-state index in [1.165, 1.54) is 33.0 Å². The Morgan fingerprint density at radius 1 is 1.03 bits per heavy atom. The van der Waals surface area contributed by atoms with Gasteiger partial charge in [0.1, 0.15) is 11.6 Å². The average molecular weight is 433 g/mol. The minimum atomic E-state index is -3.91. The fourth-order valence-corrected chi connectivity index (χ4v) is 4.32. The quantitative estimate of drug-likeness (QED) is 0.614. The van der Waals surface area contributed by atoms with E-state index in [-0.39, 0.29) is 17.9 Å². The smallest absolute Gasteiger partial charge is 0.328 e. The van der Waals surface area contributed by atoms with Crippen LogP contribution in [-0.4, -0.2) is 49.8 Å². The van der Waals surface area contributed by atoms with Crippen LogP contribution < -0.4 is 5.32 Å². The monoisotopic (exact) mass is 432 g/mol. The predicted octanol–water partition coefficient (Wildman–Crippen LogP) is 2.38. The van der Waals surface area contributed by atoms with Crippen LogP contribution in [0.2, 0.25) is 0 Å². The molecule has 2 rings (SSSR count). The Bertz CT molecular complexity index is 960. The largest absolute Gasteiger partial charge is 0.464 e. The van der Waals surface area contributed by atoms with Crippen molar-refractivity contribution in [3.63, 3.8) is 0 Å². The summed E-state index contributed by atoms with van der Waals surface area (Å²) < 4.78 is 32.0. The molecule has 0 heterocycles. The molecule has 0 spiro atoms. The number of amides is 1. The minimum Gasteiger partial charge on any atom is -0.464 e. The fraction of sp³-hybridized carbons (Fsp3) is 0.364. The fourth-order valence-electron chi connectivity index (χ4n) is 2.81. The Kier molecular flexibility index (Phi) is 7.75. The molecule has 2 aromatic rings. The molecule has 1 atom stereocenters. The number of benzene rings is 2. The molecule has 1 N–H and O–H groups in total. The van der Waals surface area contributed by atoms with Crippen molar-refractivity contribution in [2.75, 3.05) is 13.7 Å². The van der Waals surface area contributed by atoms with Crippen LogP contribution in [0.3, 0.4) is 0 Å². The average Bonchev–Trinajstić information content (AvgIpc) is 2.74. The van der Waals surface area contributed by atoms with E-state index >= 15 is 0 Å². The lowest BCUT2D eigenvalue weighted by Gasteiger charge is -2.34. The van der Waals surface area contributed by atoms with Crippen molar-refractivity contribution >= 4 is 21.9 Å². The lowest BCUT2D eigenvalue weighted by Crippen LogP contribution is -2.58. The molecular weight excluding hydrogens is 404 g/mol. The van der Waals surface area contributed by atoms with Gasteiger partial charge in [-0.15, -0.1) is 0 Å². The second-order valence-electron chi connectivity index (χ2n) is 7.31. The van der Waals surface area contributed by atoms with Crippen LogP contribution in [0.15, 0.2) is 65.6 Å². The lowest BCUT2D eigenvalue weighted by molar-refractivity contribution is -0.148. The van der Waals surface area contributed by atoms with Gasteiger partial charge in [-0.3, -0.25) is 4.79 Å². The number of carbonyl (C=O) groups is 2. The van der Waals surface area contributed by atoms with E-state index in [2.05, 4.69) is 5.32 Å². The van der Waals surface area contributed by atoms with E-state index in [0.717, 1.165) is 9.87 Å². The Morgan fingerprint density at radius 2 is 1.57 bits per heavy atom. The maximum absolute atomic E-state index is 13.1. The number of hydrogen-bond donors (Lipinski definition) is 1. The number of nitrogens with zero attached hydrogens (tertiary/aromatic N) is 1. The third-order valence-electron chi connectivity index (χ3n) is 4.90. The van der Waals surface area contributed by atoms with Crippen LogP contribution in [0.4, 0.5) is 0 Å². The third kappa shape index (κ3) is 5.46. The van der Waals surface area contributed by atoms with Crippen LogP contribution in [0, 0.1) is 0 Å². The lowest BCUT2D eigenvalue weighted by atomic mass is 10.0. The standard InChI is InChI=1S/C22H28N2O5S/c1-5-29-20(25)19(16-17-12-8-6-9-13-17)23-21(26)22(2,3)24(4)30(27,28)18-14-10-7-11-15-18/h6-15,19H,5,16H2,1-4H3,(H,23,26). The number of hydrogen-bond acceptors (Lipinski definition) is 5. The van der Waals surface area contributed by atoms with Crippen LogP contribution in [-0.2, 0) is 30.8 Å². The first-order valence-corrected chi connectivity index (χ1v) is 11.1. The molecule has 30 heavy (non-hydrogen) atoms. The highest BCUT2D eigenvalue weighted by Crippen LogP contribution is 2.23. The summed E-state index contributed by atoms with van der Waals surface area (Å²) in [7, 11) is -2.56. The highest BCUT2D eigenvalue weighted by molar-refractivity contribution is 7.89. The van der Waals surface area contributed by atoms with Gasteiger partial charge < -0.3 is 10.1 Å². The second-order valence-corrected chi connectivity index (χ2v) is 9.28. The summed E-state index contributed by atoms with van der Waals surface area (Å²) in [6.07, 6.45) is 0.233. The van der Waals surface area contributed by atoms with Crippen molar-refractivity contribution in [1.29, 1.82) is 0 Å². The van der Waals surface area contributed by atoms with Gasteiger partial charge in [-0.2, -0.15) is 4.31 Å². The zero-order chi connectivity index (χ0) is 22.4. The number of rotatable bonds is 9. The molecule has 0 saturated carbocycles. The molecule has 7 nitrogen and oxygen atoms in total. The van der Waals surface area contributed by atoms with Crippen molar-refractivity contribution < 1.29 is 22.7 Å². The van der Waals surface area contributed by atoms with Crippen molar-refractivity contribution in [2.45, 2.75) is 43.7 Å². The van der Waals surface area contributed by atoms with Gasteiger partial charge in [0.25, 0.3) is 0 Å². The molecule has 0 bridgehead atoms. The zero-order valence-corrected chi connectivity index (χ0v) is 18.5. The molecule has 1 amide bonds. The van der Waals surface area contributed by atoms with Gasteiger partial charge in [-0.05, 0) is 38.5 Å². The van der Waals surface area contributed by atoms with Crippen LogP contribution in [0.1, 0.15) is 26.3 Å². The van der Waals surface area contributed by atoms with E-state index in [9.17, 15) is 18.0 Å². The Hall–Kier alpha value is -2.71. The first kappa shape index (κ1) is 23.6. The SMILES string of the molecule is CCOC(=O)C(Cc1ccccc1)NC(=O)C(C)(C)N(C)S(=O)(=O)c1ccccc1. The molecule has 8 heteroatoms. The van der Waals surface area contributed by atoms with E-state index in [4.69, 9.17) is 4.74 Å². The highest BCUT2D eigenvalue weighted by Gasteiger charge is 2.41. The maximum atomic E-state index is 13.1. The molecule has 0 fully saturated rings. The van der Waals surface area contributed by atoms with Gasteiger partial charge in [0.15, 0.2) is 0 Å². The molecule has 0 saturated heterocycles. The minimum absolute atomic E-state index is 0.0830. The maximum Gasteiger partial charge on any atom is 0.328 e. The van der Waals surface area contributed by atoms with Crippen LogP contribution in [0.25, 0.3) is 0 Å². The van der Waals surface area contributed by atoms with Gasteiger partial charge in [0, 0.05) is 13.5 Å². The number of carbonyl (C=O) groups excluding carboxylic acids is 2. The van der Waals surface area contributed by atoms with Gasteiger partial charge in [-0.1, -0.05) is 48.5 Å².